The van der Waals surface area contributed by atoms with E-state index < -0.39 is 5.97 Å². The van der Waals surface area contributed by atoms with E-state index in [4.69, 9.17) is 4.74 Å². The molecule has 1 aromatic carbocycles. The third-order valence-electron chi connectivity index (χ3n) is 4.25. The molecule has 1 aromatic heterocycles. The summed E-state index contributed by atoms with van der Waals surface area (Å²) in [6.45, 7) is -0.264. The molecule has 1 fully saturated rings. The number of nitrogens with zero attached hydrogens (tertiary/aromatic N) is 1. The summed E-state index contributed by atoms with van der Waals surface area (Å²) in [7, 11) is 0. The quantitative estimate of drug-likeness (QED) is 0.783. The van der Waals surface area contributed by atoms with E-state index in [0.29, 0.717) is 10.6 Å². The van der Waals surface area contributed by atoms with Gasteiger partial charge in [-0.05, 0) is 37.1 Å². The lowest BCUT2D eigenvalue weighted by Crippen LogP contribution is -2.38. The maximum absolute atomic E-state index is 12.4. The molecular formula is C20H22N2O3S. The Bertz CT molecular complexity index is 746. The van der Waals surface area contributed by atoms with Gasteiger partial charge in [0.05, 0.1) is 5.56 Å². The molecule has 0 aliphatic heterocycles. The first-order chi connectivity index (χ1) is 12.7. The first kappa shape index (κ1) is 18.5. The average molecular weight is 370 g/mol. The van der Waals surface area contributed by atoms with Gasteiger partial charge in [-0.25, -0.2) is 9.78 Å². The van der Waals surface area contributed by atoms with Gasteiger partial charge in [-0.2, -0.15) is 0 Å². The number of pyridine rings is 1. The number of carbonyl (C=O) groups excluding carboxylic acids is 2. The molecule has 0 saturated heterocycles. The van der Waals surface area contributed by atoms with Crippen LogP contribution in [0.2, 0.25) is 0 Å². The third-order valence-corrected chi connectivity index (χ3v) is 5.28. The van der Waals surface area contributed by atoms with Crippen LogP contribution in [-0.4, -0.2) is 29.5 Å². The largest absolute Gasteiger partial charge is 0.452 e. The minimum atomic E-state index is -0.532. The van der Waals surface area contributed by atoms with Crippen molar-refractivity contribution in [3.63, 3.8) is 0 Å². The Balaban J connectivity index is 1.56. The molecule has 2 aromatic rings. The van der Waals surface area contributed by atoms with Crippen molar-refractivity contribution in [3.8, 4) is 0 Å². The van der Waals surface area contributed by atoms with Crippen LogP contribution in [0.25, 0.3) is 0 Å². The average Bonchev–Trinajstić information content (AvgIpc) is 2.68. The number of hydrogen-bond donors (Lipinski definition) is 1. The third kappa shape index (κ3) is 5.33. The molecule has 3 rings (SSSR count). The Morgan fingerprint density at radius 2 is 1.85 bits per heavy atom. The SMILES string of the molecule is O=C(COC(=O)c1cccnc1Sc1ccccc1)NC1CCCCC1. The zero-order valence-electron chi connectivity index (χ0n) is 14.5. The molecule has 1 N–H and O–H groups in total. The van der Waals surface area contributed by atoms with Crippen molar-refractivity contribution in [2.75, 3.05) is 6.61 Å². The van der Waals surface area contributed by atoms with Crippen molar-refractivity contribution in [1.82, 2.24) is 10.3 Å². The second-order valence-corrected chi connectivity index (χ2v) is 7.31. The number of ether oxygens (including phenoxy) is 1. The van der Waals surface area contributed by atoms with Gasteiger partial charge >= 0.3 is 5.97 Å². The lowest BCUT2D eigenvalue weighted by Gasteiger charge is -2.22. The van der Waals surface area contributed by atoms with Crippen LogP contribution in [-0.2, 0) is 9.53 Å². The molecule has 5 nitrogen and oxygen atoms in total. The van der Waals surface area contributed by atoms with Gasteiger partial charge in [0.25, 0.3) is 5.91 Å². The van der Waals surface area contributed by atoms with E-state index in [2.05, 4.69) is 10.3 Å². The summed E-state index contributed by atoms with van der Waals surface area (Å²) in [5.41, 5.74) is 0.367. The maximum Gasteiger partial charge on any atom is 0.341 e. The van der Waals surface area contributed by atoms with Gasteiger partial charge in [0.15, 0.2) is 6.61 Å². The Labute approximate surface area is 157 Å². The van der Waals surface area contributed by atoms with Crippen molar-refractivity contribution in [2.24, 2.45) is 0 Å². The molecule has 1 aliphatic carbocycles. The Morgan fingerprint density at radius 3 is 2.62 bits per heavy atom. The summed E-state index contributed by atoms with van der Waals surface area (Å²) in [4.78, 5) is 29.7. The number of nitrogens with one attached hydrogen (secondary N) is 1. The van der Waals surface area contributed by atoms with Crippen LogP contribution in [0, 0.1) is 0 Å². The number of carbonyl (C=O) groups is 2. The predicted octanol–water partition coefficient (Wildman–Crippen LogP) is 3.84. The minimum absolute atomic E-state index is 0.206. The molecule has 136 valence electrons. The van der Waals surface area contributed by atoms with E-state index in [-0.39, 0.29) is 18.6 Å². The summed E-state index contributed by atoms with van der Waals surface area (Å²) in [6.07, 6.45) is 7.14. The molecular weight excluding hydrogens is 348 g/mol. The number of hydrogen-bond acceptors (Lipinski definition) is 5. The fraction of sp³-hybridized carbons (Fsp3) is 0.350. The molecule has 1 aliphatic rings. The van der Waals surface area contributed by atoms with E-state index in [1.807, 2.05) is 30.3 Å². The van der Waals surface area contributed by atoms with Gasteiger partial charge in [-0.15, -0.1) is 0 Å². The highest BCUT2D eigenvalue weighted by Gasteiger charge is 2.19. The Kier molecular flexibility index (Phi) is 6.66. The highest BCUT2D eigenvalue weighted by molar-refractivity contribution is 7.99. The normalized spacial score (nSPS) is 14.6. The Morgan fingerprint density at radius 1 is 1.08 bits per heavy atom. The molecule has 1 heterocycles. The minimum Gasteiger partial charge on any atom is -0.452 e. The van der Waals surface area contributed by atoms with Crippen LogP contribution in [0.1, 0.15) is 42.5 Å². The van der Waals surface area contributed by atoms with Gasteiger partial charge in [0, 0.05) is 17.1 Å². The van der Waals surface area contributed by atoms with E-state index in [0.717, 1.165) is 30.6 Å². The topological polar surface area (TPSA) is 68.3 Å². The number of esters is 1. The van der Waals surface area contributed by atoms with Gasteiger partial charge < -0.3 is 10.1 Å². The van der Waals surface area contributed by atoms with Crippen LogP contribution in [0.4, 0.5) is 0 Å². The number of rotatable bonds is 6. The Hall–Kier alpha value is -2.34. The summed E-state index contributed by atoms with van der Waals surface area (Å²) >= 11 is 1.39. The number of amides is 1. The van der Waals surface area contributed by atoms with E-state index in [1.165, 1.54) is 18.2 Å². The molecule has 0 bridgehead atoms. The van der Waals surface area contributed by atoms with Crippen LogP contribution in [0.5, 0.6) is 0 Å². The molecule has 0 unspecified atom stereocenters. The summed E-state index contributed by atoms with van der Waals surface area (Å²) in [5.74, 6) is -0.776. The van der Waals surface area contributed by atoms with E-state index in [9.17, 15) is 9.59 Å². The summed E-state index contributed by atoms with van der Waals surface area (Å²) in [5, 5.41) is 3.51. The lowest BCUT2D eigenvalue weighted by molar-refractivity contribution is -0.125. The maximum atomic E-state index is 12.4. The van der Waals surface area contributed by atoms with Gasteiger partial charge in [-0.1, -0.05) is 49.2 Å². The van der Waals surface area contributed by atoms with Crippen LogP contribution >= 0.6 is 11.8 Å². The van der Waals surface area contributed by atoms with Crippen molar-refractivity contribution in [3.05, 3.63) is 54.2 Å². The zero-order valence-corrected chi connectivity index (χ0v) is 15.3. The van der Waals surface area contributed by atoms with E-state index in [1.54, 1.807) is 18.3 Å². The van der Waals surface area contributed by atoms with Crippen LogP contribution < -0.4 is 5.32 Å². The molecule has 26 heavy (non-hydrogen) atoms. The lowest BCUT2D eigenvalue weighted by atomic mass is 9.95. The smallest absolute Gasteiger partial charge is 0.341 e. The highest BCUT2D eigenvalue weighted by Crippen LogP contribution is 2.28. The monoisotopic (exact) mass is 370 g/mol. The van der Waals surface area contributed by atoms with Crippen LogP contribution in [0.3, 0.4) is 0 Å². The standard InChI is InChI=1S/C20H22N2O3S/c23-18(22-15-8-3-1-4-9-15)14-25-20(24)17-12-7-13-21-19(17)26-16-10-5-2-6-11-16/h2,5-7,10-13,15H,1,3-4,8-9,14H2,(H,22,23). The molecule has 0 radical (unpaired) electrons. The molecule has 6 heteroatoms. The van der Waals surface area contributed by atoms with Crippen LogP contribution in [0.15, 0.2) is 58.6 Å². The number of aromatic nitrogens is 1. The molecule has 0 atom stereocenters. The zero-order chi connectivity index (χ0) is 18.2. The van der Waals surface area contributed by atoms with Crippen molar-refractivity contribution in [2.45, 2.75) is 48.1 Å². The summed E-state index contributed by atoms with van der Waals surface area (Å²) in [6, 6.07) is 13.3. The van der Waals surface area contributed by atoms with Gasteiger partial charge in [0.1, 0.15) is 5.03 Å². The van der Waals surface area contributed by atoms with Crippen molar-refractivity contribution in [1.29, 1.82) is 0 Å². The van der Waals surface area contributed by atoms with E-state index >= 15 is 0 Å². The second kappa shape index (κ2) is 9.38. The fourth-order valence-corrected chi connectivity index (χ4v) is 3.84. The fourth-order valence-electron chi connectivity index (χ4n) is 2.95. The first-order valence-electron chi connectivity index (χ1n) is 8.87. The molecule has 1 amide bonds. The van der Waals surface area contributed by atoms with Gasteiger partial charge in [0.2, 0.25) is 0 Å². The van der Waals surface area contributed by atoms with Crippen molar-refractivity contribution >= 4 is 23.6 Å². The van der Waals surface area contributed by atoms with Crippen molar-refractivity contribution < 1.29 is 14.3 Å². The predicted molar refractivity (Wildman–Crippen MR) is 100 cm³/mol. The molecule has 1 saturated carbocycles. The molecule has 0 spiro atoms. The first-order valence-corrected chi connectivity index (χ1v) is 9.68. The van der Waals surface area contributed by atoms with Gasteiger partial charge in [-0.3, -0.25) is 4.79 Å². The highest BCUT2D eigenvalue weighted by atomic mass is 32.2. The number of benzene rings is 1. The second-order valence-electron chi connectivity index (χ2n) is 6.25. The summed E-state index contributed by atoms with van der Waals surface area (Å²) < 4.78 is 5.21.